The third-order valence-electron chi connectivity index (χ3n) is 1.30. The normalized spacial score (nSPS) is 11.2. The van der Waals surface area contributed by atoms with Gasteiger partial charge in [0.25, 0.3) is 0 Å². The number of halogens is 1. The van der Waals surface area contributed by atoms with Gasteiger partial charge in [-0.3, -0.25) is 0 Å². The Balaban J connectivity index is 2.93. The molecule has 2 nitrogen and oxygen atoms in total. The Bertz CT molecular complexity index is 304. The van der Waals surface area contributed by atoms with Gasteiger partial charge in [0.1, 0.15) is 0 Å². The number of aliphatic carboxylic acids is 1. The summed E-state index contributed by atoms with van der Waals surface area (Å²) in [6.07, 6.45) is 1.12. The highest BCUT2D eigenvalue weighted by atomic mass is 79.9. The van der Waals surface area contributed by atoms with Crippen molar-refractivity contribution < 1.29 is 9.90 Å². The summed E-state index contributed by atoms with van der Waals surface area (Å²) in [4.78, 5) is 10.3. The standard InChI is InChI=1S/C9H7BrO2/c10-8(6-9(11)12)7-4-2-1-3-5-7/h1-6H,(H,11,12)/b8-6+. The van der Waals surface area contributed by atoms with Gasteiger partial charge >= 0.3 is 5.97 Å². The summed E-state index contributed by atoms with van der Waals surface area (Å²) in [5.74, 6) is -0.953. The highest BCUT2D eigenvalue weighted by Gasteiger charge is 1.97. The maximum atomic E-state index is 10.3. The lowest BCUT2D eigenvalue weighted by Crippen LogP contribution is -1.87. The van der Waals surface area contributed by atoms with E-state index >= 15 is 0 Å². The minimum atomic E-state index is -0.953. The SMILES string of the molecule is O=C(O)/C=C(/Br)c1ccccc1. The van der Waals surface area contributed by atoms with Crippen LogP contribution in [-0.2, 0) is 4.79 Å². The first kappa shape index (κ1) is 9.00. The van der Waals surface area contributed by atoms with Crippen molar-refractivity contribution in [2.75, 3.05) is 0 Å². The van der Waals surface area contributed by atoms with Crippen LogP contribution in [0.4, 0.5) is 0 Å². The average Bonchev–Trinajstić information content (AvgIpc) is 2.05. The number of hydrogen-bond acceptors (Lipinski definition) is 1. The topological polar surface area (TPSA) is 37.3 Å². The zero-order chi connectivity index (χ0) is 8.97. The number of carboxylic acids is 1. The number of benzene rings is 1. The van der Waals surface area contributed by atoms with E-state index in [-0.39, 0.29) is 0 Å². The quantitative estimate of drug-likeness (QED) is 0.788. The van der Waals surface area contributed by atoms with E-state index in [1.807, 2.05) is 30.3 Å². The molecule has 0 aliphatic rings. The van der Waals surface area contributed by atoms with E-state index in [0.29, 0.717) is 4.48 Å². The Morgan fingerprint density at radius 3 is 2.42 bits per heavy atom. The largest absolute Gasteiger partial charge is 0.478 e. The van der Waals surface area contributed by atoms with Crippen LogP contribution in [0.25, 0.3) is 4.48 Å². The second kappa shape index (κ2) is 4.07. The van der Waals surface area contributed by atoms with E-state index in [9.17, 15) is 4.79 Å². The maximum absolute atomic E-state index is 10.3. The van der Waals surface area contributed by atoms with Gasteiger partial charge in [-0.15, -0.1) is 0 Å². The van der Waals surface area contributed by atoms with Gasteiger partial charge in [-0.25, -0.2) is 4.79 Å². The van der Waals surface area contributed by atoms with Crippen molar-refractivity contribution in [3.63, 3.8) is 0 Å². The van der Waals surface area contributed by atoms with Gasteiger partial charge in [-0.1, -0.05) is 30.3 Å². The fourth-order valence-electron chi connectivity index (χ4n) is 0.789. The van der Waals surface area contributed by atoms with Crippen molar-refractivity contribution in [1.29, 1.82) is 0 Å². The summed E-state index contributed by atoms with van der Waals surface area (Å²) in [7, 11) is 0. The van der Waals surface area contributed by atoms with Gasteiger partial charge in [0.15, 0.2) is 0 Å². The van der Waals surface area contributed by atoms with Gasteiger partial charge < -0.3 is 5.11 Å². The van der Waals surface area contributed by atoms with Crippen molar-refractivity contribution in [3.8, 4) is 0 Å². The summed E-state index contributed by atoms with van der Waals surface area (Å²) in [6, 6.07) is 9.26. The van der Waals surface area contributed by atoms with Crippen LogP contribution in [0.1, 0.15) is 5.56 Å². The number of carboxylic acid groups (broad SMARTS) is 1. The maximum Gasteiger partial charge on any atom is 0.329 e. The van der Waals surface area contributed by atoms with E-state index in [1.54, 1.807) is 0 Å². The first-order chi connectivity index (χ1) is 5.70. The number of hydrogen-bond donors (Lipinski definition) is 1. The first-order valence-corrected chi connectivity index (χ1v) is 4.15. The molecular formula is C9H7BrO2. The zero-order valence-corrected chi connectivity index (χ0v) is 7.78. The minimum absolute atomic E-state index is 0.579. The van der Waals surface area contributed by atoms with Crippen molar-refractivity contribution in [2.45, 2.75) is 0 Å². The monoisotopic (exact) mass is 226 g/mol. The molecule has 0 heterocycles. The fourth-order valence-corrected chi connectivity index (χ4v) is 1.25. The predicted octanol–water partition coefficient (Wildman–Crippen LogP) is 2.51. The third kappa shape index (κ3) is 2.51. The van der Waals surface area contributed by atoms with E-state index in [0.717, 1.165) is 11.6 Å². The smallest absolute Gasteiger partial charge is 0.329 e. The molecule has 1 aromatic carbocycles. The summed E-state index contributed by atoms with van der Waals surface area (Å²) < 4.78 is 0.579. The Labute approximate surface area is 78.7 Å². The molecular weight excluding hydrogens is 220 g/mol. The summed E-state index contributed by atoms with van der Waals surface area (Å²) in [5, 5.41) is 8.44. The molecule has 3 heteroatoms. The van der Waals surface area contributed by atoms with Crippen molar-refractivity contribution in [3.05, 3.63) is 42.0 Å². The Morgan fingerprint density at radius 1 is 1.33 bits per heavy atom. The molecule has 1 N–H and O–H groups in total. The van der Waals surface area contributed by atoms with Crippen molar-refractivity contribution in [2.24, 2.45) is 0 Å². The van der Waals surface area contributed by atoms with Crippen LogP contribution >= 0.6 is 15.9 Å². The Hall–Kier alpha value is -1.09. The first-order valence-electron chi connectivity index (χ1n) is 3.35. The highest BCUT2D eigenvalue weighted by Crippen LogP contribution is 2.19. The summed E-state index contributed by atoms with van der Waals surface area (Å²) >= 11 is 3.17. The van der Waals surface area contributed by atoms with Gasteiger partial charge in [0.05, 0.1) is 0 Å². The van der Waals surface area contributed by atoms with E-state index in [1.165, 1.54) is 0 Å². The molecule has 12 heavy (non-hydrogen) atoms. The second-order valence-electron chi connectivity index (χ2n) is 2.20. The minimum Gasteiger partial charge on any atom is -0.478 e. The molecule has 0 radical (unpaired) electrons. The molecule has 0 atom stereocenters. The fraction of sp³-hybridized carbons (Fsp3) is 0. The van der Waals surface area contributed by atoms with Crippen LogP contribution in [0.15, 0.2) is 36.4 Å². The van der Waals surface area contributed by atoms with Crippen molar-refractivity contribution in [1.82, 2.24) is 0 Å². The van der Waals surface area contributed by atoms with Gasteiger partial charge in [0, 0.05) is 10.6 Å². The molecule has 1 rings (SSSR count). The van der Waals surface area contributed by atoms with Crippen molar-refractivity contribution >= 4 is 26.4 Å². The van der Waals surface area contributed by atoms with Crippen LogP contribution < -0.4 is 0 Å². The van der Waals surface area contributed by atoms with Crippen LogP contribution in [0, 0.1) is 0 Å². The van der Waals surface area contributed by atoms with E-state index in [2.05, 4.69) is 15.9 Å². The van der Waals surface area contributed by atoms with E-state index < -0.39 is 5.97 Å². The summed E-state index contributed by atoms with van der Waals surface area (Å²) in [6.45, 7) is 0. The molecule has 0 unspecified atom stereocenters. The third-order valence-corrected chi connectivity index (χ3v) is 1.99. The Morgan fingerprint density at radius 2 is 1.92 bits per heavy atom. The molecule has 1 aromatic rings. The molecule has 0 saturated heterocycles. The molecule has 0 fully saturated rings. The molecule has 0 bridgehead atoms. The molecule has 0 saturated carbocycles. The van der Waals surface area contributed by atoms with Crippen LogP contribution in [-0.4, -0.2) is 11.1 Å². The summed E-state index contributed by atoms with van der Waals surface area (Å²) in [5.41, 5.74) is 0.861. The number of carbonyl (C=O) groups is 1. The van der Waals surface area contributed by atoms with Gasteiger partial charge in [0.2, 0.25) is 0 Å². The highest BCUT2D eigenvalue weighted by molar-refractivity contribution is 9.15. The lowest BCUT2D eigenvalue weighted by molar-refractivity contribution is -0.131. The molecule has 0 aliphatic heterocycles. The molecule has 62 valence electrons. The molecule has 0 aliphatic carbocycles. The lowest BCUT2D eigenvalue weighted by Gasteiger charge is -1.95. The molecule has 0 amide bonds. The number of rotatable bonds is 2. The van der Waals surface area contributed by atoms with Crippen LogP contribution in [0.5, 0.6) is 0 Å². The second-order valence-corrected chi connectivity index (χ2v) is 3.05. The zero-order valence-electron chi connectivity index (χ0n) is 6.20. The van der Waals surface area contributed by atoms with Gasteiger partial charge in [-0.2, -0.15) is 0 Å². The predicted molar refractivity (Wildman–Crippen MR) is 51.0 cm³/mol. The van der Waals surface area contributed by atoms with E-state index in [4.69, 9.17) is 5.11 Å². The molecule has 0 spiro atoms. The lowest BCUT2D eigenvalue weighted by atomic mass is 10.2. The van der Waals surface area contributed by atoms with Crippen LogP contribution in [0.2, 0.25) is 0 Å². The van der Waals surface area contributed by atoms with Crippen LogP contribution in [0.3, 0.4) is 0 Å². The molecule has 0 aromatic heterocycles. The Kier molecular flexibility index (Phi) is 3.05. The van der Waals surface area contributed by atoms with Gasteiger partial charge in [-0.05, 0) is 21.5 Å². The average molecular weight is 227 g/mol.